The van der Waals surface area contributed by atoms with Crippen molar-refractivity contribution in [3.8, 4) is 11.8 Å². The van der Waals surface area contributed by atoms with Crippen molar-refractivity contribution in [2.45, 2.75) is 64.2 Å². The van der Waals surface area contributed by atoms with Crippen molar-refractivity contribution in [1.82, 2.24) is 0 Å². The molecule has 0 nitrogen and oxygen atoms in total. The molecule has 0 spiro atoms. The van der Waals surface area contributed by atoms with E-state index in [2.05, 4.69) is 48.8 Å². The van der Waals surface area contributed by atoms with Gasteiger partial charge in [0.05, 0.1) is 5.56 Å². The zero-order valence-electron chi connectivity index (χ0n) is 18.2. The highest BCUT2D eigenvalue weighted by atomic mass is 19.1. The van der Waals surface area contributed by atoms with Crippen LogP contribution in [-0.2, 0) is 0 Å². The van der Waals surface area contributed by atoms with Gasteiger partial charge in [-0.05, 0) is 111 Å². The van der Waals surface area contributed by atoms with Crippen LogP contribution >= 0.6 is 0 Å². The number of hydrogen-bond acceptors (Lipinski definition) is 0. The van der Waals surface area contributed by atoms with Gasteiger partial charge in [0, 0.05) is 5.56 Å². The molecule has 2 aliphatic carbocycles. The number of aryl methyl sites for hydroxylation is 1. The molecule has 2 aliphatic rings. The lowest BCUT2D eigenvalue weighted by atomic mass is 9.63. The molecular weight excluding hydrogens is 367 g/mol. The Kier molecular flexibility index (Phi) is 6.73. The number of halogens is 1. The van der Waals surface area contributed by atoms with Crippen LogP contribution in [0.1, 0.15) is 79.5 Å². The first-order chi connectivity index (χ1) is 14.6. The first-order valence-corrected chi connectivity index (χ1v) is 11.6. The van der Waals surface area contributed by atoms with Crippen molar-refractivity contribution >= 4 is 0 Å². The third kappa shape index (κ3) is 5.04. The molecule has 2 fully saturated rings. The first-order valence-electron chi connectivity index (χ1n) is 11.6. The Morgan fingerprint density at radius 2 is 1.73 bits per heavy atom. The van der Waals surface area contributed by atoms with Crippen LogP contribution in [0.4, 0.5) is 4.39 Å². The molecule has 0 bridgehead atoms. The average molecular weight is 401 g/mol. The van der Waals surface area contributed by atoms with Gasteiger partial charge in [-0.1, -0.05) is 42.5 Å². The third-order valence-electron chi connectivity index (χ3n) is 7.35. The second kappa shape index (κ2) is 9.65. The van der Waals surface area contributed by atoms with Crippen LogP contribution in [0.5, 0.6) is 0 Å². The summed E-state index contributed by atoms with van der Waals surface area (Å²) in [6, 6.07) is 13.9. The summed E-state index contributed by atoms with van der Waals surface area (Å²) < 4.78 is 14.0. The van der Waals surface area contributed by atoms with E-state index in [0.717, 1.165) is 28.9 Å². The standard InChI is InChI=1S/C29H33F/c1-3-4-5-23-10-15-28-20-27(17-16-26(28)19-23)24-12-7-22(8-13-24)9-14-25-11-6-21(2)18-29(25)30/h3,6-8,11-13,18,23,26-28H,1,4-5,10,15-17,19-20H2,2H3. The summed E-state index contributed by atoms with van der Waals surface area (Å²) in [5, 5.41) is 0. The molecule has 30 heavy (non-hydrogen) atoms. The normalized spacial score (nSPS) is 25.7. The van der Waals surface area contributed by atoms with Crippen molar-refractivity contribution in [2.75, 3.05) is 0 Å². The highest BCUT2D eigenvalue weighted by molar-refractivity contribution is 5.45. The van der Waals surface area contributed by atoms with Gasteiger partial charge in [-0.15, -0.1) is 6.58 Å². The molecule has 2 aromatic rings. The molecule has 4 unspecified atom stereocenters. The second-order valence-electron chi connectivity index (χ2n) is 9.43. The largest absolute Gasteiger partial charge is 0.206 e. The lowest BCUT2D eigenvalue weighted by Gasteiger charge is -2.42. The Morgan fingerprint density at radius 1 is 0.967 bits per heavy atom. The summed E-state index contributed by atoms with van der Waals surface area (Å²) in [5.41, 5.74) is 3.79. The van der Waals surface area contributed by atoms with E-state index in [-0.39, 0.29) is 5.82 Å². The number of hydrogen-bond donors (Lipinski definition) is 0. The molecule has 156 valence electrons. The van der Waals surface area contributed by atoms with E-state index in [1.807, 2.05) is 13.0 Å². The topological polar surface area (TPSA) is 0 Å². The maximum atomic E-state index is 14.0. The molecule has 4 rings (SSSR count). The zero-order chi connectivity index (χ0) is 20.9. The van der Waals surface area contributed by atoms with E-state index >= 15 is 0 Å². The molecule has 0 aliphatic heterocycles. The van der Waals surface area contributed by atoms with Crippen LogP contribution in [0.15, 0.2) is 55.1 Å². The van der Waals surface area contributed by atoms with Crippen molar-refractivity contribution in [2.24, 2.45) is 17.8 Å². The molecule has 0 saturated heterocycles. The van der Waals surface area contributed by atoms with Crippen molar-refractivity contribution in [3.05, 3.63) is 83.2 Å². The van der Waals surface area contributed by atoms with Crippen molar-refractivity contribution < 1.29 is 4.39 Å². The Morgan fingerprint density at radius 3 is 2.50 bits per heavy atom. The SMILES string of the molecule is C=CCCC1CCC2CC(c3ccc(C#Cc4ccc(C)cc4F)cc3)CCC2C1. The van der Waals surface area contributed by atoms with Gasteiger partial charge in [0.15, 0.2) is 0 Å². The minimum absolute atomic E-state index is 0.241. The summed E-state index contributed by atoms with van der Waals surface area (Å²) in [6.07, 6.45) is 12.9. The highest BCUT2D eigenvalue weighted by Crippen LogP contribution is 2.48. The molecule has 0 aromatic heterocycles. The number of rotatable bonds is 4. The summed E-state index contributed by atoms with van der Waals surface area (Å²) in [4.78, 5) is 0. The summed E-state index contributed by atoms with van der Waals surface area (Å²) in [7, 11) is 0. The Hall–Kier alpha value is -2.33. The molecule has 4 atom stereocenters. The highest BCUT2D eigenvalue weighted by Gasteiger charge is 2.35. The van der Waals surface area contributed by atoms with Gasteiger partial charge in [-0.25, -0.2) is 4.39 Å². The van der Waals surface area contributed by atoms with Crippen molar-refractivity contribution in [1.29, 1.82) is 0 Å². The van der Waals surface area contributed by atoms with Gasteiger partial charge < -0.3 is 0 Å². The average Bonchev–Trinajstić information content (AvgIpc) is 2.77. The fourth-order valence-corrected chi connectivity index (χ4v) is 5.60. The number of allylic oxidation sites excluding steroid dienone is 1. The monoisotopic (exact) mass is 400 g/mol. The molecule has 2 saturated carbocycles. The lowest BCUT2D eigenvalue weighted by molar-refractivity contribution is 0.115. The predicted molar refractivity (Wildman–Crippen MR) is 124 cm³/mol. The maximum absolute atomic E-state index is 14.0. The fraction of sp³-hybridized carbons (Fsp3) is 0.448. The van der Waals surface area contributed by atoms with Gasteiger partial charge in [-0.3, -0.25) is 0 Å². The van der Waals surface area contributed by atoms with Crippen LogP contribution in [-0.4, -0.2) is 0 Å². The van der Waals surface area contributed by atoms with E-state index < -0.39 is 0 Å². The molecule has 0 amide bonds. The van der Waals surface area contributed by atoms with E-state index in [0.29, 0.717) is 11.5 Å². The number of benzene rings is 2. The molecule has 1 heteroatoms. The van der Waals surface area contributed by atoms with Gasteiger partial charge >= 0.3 is 0 Å². The Labute approximate surface area is 181 Å². The Balaban J connectivity index is 1.36. The van der Waals surface area contributed by atoms with Gasteiger partial charge in [0.1, 0.15) is 5.82 Å². The predicted octanol–water partition coefficient (Wildman–Crippen LogP) is 7.80. The zero-order valence-corrected chi connectivity index (χ0v) is 18.2. The molecular formula is C29H33F. The minimum atomic E-state index is -0.241. The van der Waals surface area contributed by atoms with Crippen LogP contribution in [0.25, 0.3) is 0 Å². The van der Waals surface area contributed by atoms with Gasteiger partial charge in [0.2, 0.25) is 0 Å². The Bertz CT molecular complexity index is 927. The molecule has 0 N–H and O–H groups in total. The molecule has 2 aromatic carbocycles. The van der Waals surface area contributed by atoms with Crippen LogP contribution in [0.3, 0.4) is 0 Å². The fourth-order valence-electron chi connectivity index (χ4n) is 5.60. The van der Waals surface area contributed by atoms with Crippen LogP contribution in [0, 0.1) is 42.3 Å². The maximum Gasteiger partial charge on any atom is 0.139 e. The van der Waals surface area contributed by atoms with Gasteiger partial charge in [0.25, 0.3) is 0 Å². The lowest BCUT2D eigenvalue weighted by Crippen LogP contribution is -2.30. The quantitative estimate of drug-likeness (QED) is 0.363. The van der Waals surface area contributed by atoms with Crippen molar-refractivity contribution in [3.63, 3.8) is 0 Å². The van der Waals surface area contributed by atoms with E-state index in [1.165, 1.54) is 63.0 Å². The number of fused-ring (bicyclic) bond motifs is 1. The van der Waals surface area contributed by atoms with E-state index in [4.69, 9.17) is 0 Å². The van der Waals surface area contributed by atoms with Crippen LogP contribution < -0.4 is 0 Å². The summed E-state index contributed by atoms with van der Waals surface area (Å²) in [5.74, 6) is 9.33. The minimum Gasteiger partial charge on any atom is -0.206 e. The summed E-state index contributed by atoms with van der Waals surface area (Å²) in [6.45, 7) is 5.77. The van der Waals surface area contributed by atoms with Crippen LogP contribution in [0.2, 0.25) is 0 Å². The summed E-state index contributed by atoms with van der Waals surface area (Å²) >= 11 is 0. The second-order valence-corrected chi connectivity index (χ2v) is 9.43. The molecule has 0 radical (unpaired) electrons. The van der Waals surface area contributed by atoms with Gasteiger partial charge in [-0.2, -0.15) is 0 Å². The third-order valence-corrected chi connectivity index (χ3v) is 7.35. The van der Waals surface area contributed by atoms with E-state index in [1.54, 1.807) is 6.07 Å². The molecule has 0 heterocycles. The smallest absolute Gasteiger partial charge is 0.139 e. The van der Waals surface area contributed by atoms with E-state index in [9.17, 15) is 4.39 Å². The first kappa shape index (κ1) is 20.9.